The van der Waals surface area contributed by atoms with Crippen molar-refractivity contribution in [3.05, 3.63) is 30.9 Å². The highest BCUT2D eigenvalue weighted by Gasteiger charge is 2.17. The molecule has 0 aromatic carbocycles. The minimum absolute atomic E-state index is 0.187. The molecular weight excluding hydrogens is 332 g/mol. The fourth-order valence-electron chi connectivity index (χ4n) is 2.35. The second-order valence-electron chi connectivity index (χ2n) is 6.29. The molecule has 3 rings (SSSR count). The number of nitrogens with one attached hydrogen (secondary N) is 1. The van der Waals surface area contributed by atoms with Gasteiger partial charge in [-0.15, -0.1) is 0 Å². The van der Waals surface area contributed by atoms with Gasteiger partial charge in [0.15, 0.2) is 0 Å². The lowest BCUT2D eigenvalue weighted by Gasteiger charge is -2.08. The van der Waals surface area contributed by atoms with Crippen LogP contribution in [-0.4, -0.2) is 47.5 Å². The molecule has 0 saturated carbocycles. The van der Waals surface area contributed by atoms with Crippen LogP contribution in [0.15, 0.2) is 30.9 Å². The number of hydrogen-bond acceptors (Lipinski definition) is 8. The summed E-state index contributed by atoms with van der Waals surface area (Å²) in [4.78, 5) is 16.8. The Kier molecular flexibility index (Phi) is 5.08. The van der Waals surface area contributed by atoms with E-state index in [0.29, 0.717) is 18.2 Å². The van der Waals surface area contributed by atoms with Crippen LogP contribution in [-0.2, 0) is 0 Å². The lowest BCUT2D eigenvalue weighted by Crippen LogP contribution is -2.16. The molecule has 9 nitrogen and oxygen atoms in total. The third-order valence-electron chi connectivity index (χ3n) is 3.69. The van der Waals surface area contributed by atoms with Gasteiger partial charge in [0.05, 0.1) is 11.8 Å². The molecule has 0 radical (unpaired) electrons. The highest BCUT2D eigenvalue weighted by Crippen LogP contribution is 2.30. The van der Waals surface area contributed by atoms with Gasteiger partial charge in [0.2, 0.25) is 11.9 Å². The Morgan fingerprint density at radius 1 is 1.19 bits per heavy atom. The van der Waals surface area contributed by atoms with Crippen LogP contribution in [0.5, 0.6) is 0 Å². The van der Waals surface area contributed by atoms with Gasteiger partial charge in [0, 0.05) is 48.5 Å². The first-order valence-electron chi connectivity index (χ1n) is 8.36. The molecular formula is C17H22N8O. The number of aliphatic hydroxyl groups is 1. The van der Waals surface area contributed by atoms with E-state index in [0.717, 1.165) is 16.8 Å². The summed E-state index contributed by atoms with van der Waals surface area (Å²) in [7, 11) is 0. The Morgan fingerprint density at radius 3 is 2.58 bits per heavy atom. The number of nitrogens with zero attached hydrogens (tertiary/aromatic N) is 6. The average molecular weight is 354 g/mol. The Labute approximate surface area is 151 Å². The molecule has 0 saturated heterocycles. The van der Waals surface area contributed by atoms with Gasteiger partial charge in [-0.2, -0.15) is 5.10 Å². The molecule has 26 heavy (non-hydrogen) atoms. The summed E-state index contributed by atoms with van der Waals surface area (Å²) in [5.74, 6) is 0.658. The highest BCUT2D eigenvalue weighted by molar-refractivity contribution is 5.78. The van der Waals surface area contributed by atoms with Crippen molar-refractivity contribution in [3.8, 4) is 22.5 Å². The molecule has 0 fully saturated rings. The lowest BCUT2D eigenvalue weighted by atomic mass is 10.1. The molecule has 0 aliphatic heterocycles. The minimum Gasteiger partial charge on any atom is -0.392 e. The molecule has 0 amide bonds. The molecule has 0 unspecified atom stereocenters. The van der Waals surface area contributed by atoms with Crippen molar-refractivity contribution in [1.29, 1.82) is 0 Å². The SMILES string of the molecule is CC(C)n1cc(-c2ccnc(NC[C@H](C)O)n2)c(-c2cnc(N)nc2)n1. The lowest BCUT2D eigenvalue weighted by molar-refractivity contribution is 0.208. The number of nitrogen functional groups attached to an aromatic ring is 1. The van der Waals surface area contributed by atoms with E-state index in [2.05, 4.69) is 44.2 Å². The molecule has 4 N–H and O–H groups in total. The maximum absolute atomic E-state index is 9.42. The Bertz CT molecular complexity index is 873. The van der Waals surface area contributed by atoms with Crippen molar-refractivity contribution in [2.75, 3.05) is 17.6 Å². The zero-order valence-electron chi connectivity index (χ0n) is 15.0. The number of aliphatic hydroxyl groups excluding tert-OH is 1. The normalized spacial score (nSPS) is 12.3. The summed E-state index contributed by atoms with van der Waals surface area (Å²) >= 11 is 0. The van der Waals surface area contributed by atoms with E-state index in [1.54, 1.807) is 25.5 Å². The summed E-state index contributed by atoms with van der Waals surface area (Å²) in [6, 6.07) is 2.00. The predicted molar refractivity (Wildman–Crippen MR) is 99.2 cm³/mol. The molecule has 3 aromatic heterocycles. The molecule has 1 atom stereocenters. The zero-order valence-corrected chi connectivity index (χ0v) is 15.0. The van der Waals surface area contributed by atoms with E-state index in [1.165, 1.54) is 0 Å². The fraction of sp³-hybridized carbons (Fsp3) is 0.353. The standard InChI is InChI=1S/C17H22N8O/c1-10(2)25-9-13(15(24-25)12-7-20-16(18)21-8-12)14-4-5-19-17(23-14)22-6-11(3)26/h4-5,7-11,26H,6H2,1-3H3,(H2,18,20,21)(H,19,22,23)/t11-/m0/s1. The van der Waals surface area contributed by atoms with Crippen molar-refractivity contribution < 1.29 is 5.11 Å². The van der Waals surface area contributed by atoms with Gasteiger partial charge >= 0.3 is 0 Å². The van der Waals surface area contributed by atoms with Gasteiger partial charge in [-0.1, -0.05) is 0 Å². The molecule has 3 aromatic rings. The van der Waals surface area contributed by atoms with E-state index in [-0.39, 0.29) is 12.0 Å². The Hall–Kier alpha value is -3.07. The van der Waals surface area contributed by atoms with E-state index in [1.807, 2.05) is 16.9 Å². The molecule has 3 heterocycles. The monoisotopic (exact) mass is 354 g/mol. The van der Waals surface area contributed by atoms with Crippen molar-refractivity contribution >= 4 is 11.9 Å². The second kappa shape index (κ2) is 7.44. The van der Waals surface area contributed by atoms with E-state index in [9.17, 15) is 5.11 Å². The third-order valence-corrected chi connectivity index (χ3v) is 3.69. The minimum atomic E-state index is -0.492. The number of hydrogen-bond donors (Lipinski definition) is 3. The number of anilines is 2. The molecule has 0 spiro atoms. The first-order chi connectivity index (χ1) is 12.4. The van der Waals surface area contributed by atoms with Crippen molar-refractivity contribution in [2.45, 2.75) is 32.9 Å². The number of aromatic nitrogens is 6. The van der Waals surface area contributed by atoms with Gasteiger partial charge in [-0.25, -0.2) is 19.9 Å². The van der Waals surface area contributed by atoms with Crippen LogP contribution in [0.3, 0.4) is 0 Å². The summed E-state index contributed by atoms with van der Waals surface area (Å²) in [6.07, 6.45) is 6.41. The van der Waals surface area contributed by atoms with Gasteiger partial charge < -0.3 is 16.2 Å². The Morgan fingerprint density at radius 2 is 1.92 bits per heavy atom. The van der Waals surface area contributed by atoms with Gasteiger partial charge in [0.25, 0.3) is 0 Å². The highest BCUT2D eigenvalue weighted by atomic mass is 16.3. The fourth-order valence-corrected chi connectivity index (χ4v) is 2.35. The van der Waals surface area contributed by atoms with Crippen LogP contribution < -0.4 is 11.1 Å². The van der Waals surface area contributed by atoms with Crippen LogP contribution in [0.1, 0.15) is 26.8 Å². The van der Waals surface area contributed by atoms with Crippen LogP contribution in [0.4, 0.5) is 11.9 Å². The van der Waals surface area contributed by atoms with Gasteiger partial charge in [-0.3, -0.25) is 4.68 Å². The van der Waals surface area contributed by atoms with Crippen LogP contribution >= 0.6 is 0 Å². The summed E-state index contributed by atoms with van der Waals surface area (Å²) in [5, 5.41) is 17.1. The van der Waals surface area contributed by atoms with E-state index in [4.69, 9.17) is 5.73 Å². The number of rotatable bonds is 6. The maximum Gasteiger partial charge on any atom is 0.223 e. The van der Waals surface area contributed by atoms with Gasteiger partial charge in [0.1, 0.15) is 5.69 Å². The first kappa shape index (κ1) is 17.7. The quantitative estimate of drug-likeness (QED) is 0.611. The molecule has 136 valence electrons. The Balaban J connectivity index is 2.03. The summed E-state index contributed by atoms with van der Waals surface area (Å²) in [6.45, 7) is 6.17. The van der Waals surface area contributed by atoms with E-state index < -0.39 is 6.10 Å². The molecule has 0 aliphatic rings. The van der Waals surface area contributed by atoms with Crippen LogP contribution in [0.25, 0.3) is 22.5 Å². The second-order valence-corrected chi connectivity index (χ2v) is 6.29. The van der Waals surface area contributed by atoms with Crippen molar-refractivity contribution in [2.24, 2.45) is 0 Å². The molecule has 0 aliphatic carbocycles. The van der Waals surface area contributed by atoms with Crippen molar-refractivity contribution in [1.82, 2.24) is 29.7 Å². The van der Waals surface area contributed by atoms with Gasteiger partial charge in [-0.05, 0) is 26.8 Å². The predicted octanol–water partition coefficient (Wildman–Crippen LogP) is 1.75. The average Bonchev–Trinajstić information content (AvgIpc) is 3.06. The maximum atomic E-state index is 9.42. The topological polar surface area (TPSA) is 128 Å². The van der Waals surface area contributed by atoms with E-state index >= 15 is 0 Å². The summed E-state index contributed by atoms with van der Waals surface area (Å²) in [5.41, 5.74) is 8.62. The summed E-state index contributed by atoms with van der Waals surface area (Å²) < 4.78 is 1.87. The molecule has 0 bridgehead atoms. The van der Waals surface area contributed by atoms with Crippen LogP contribution in [0, 0.1) is 0 Å². The zero-order chi connectivity index (χ0) is 18.7. The molecule has 9 heteroatoms. The van der Waals surface area contributed by atoms with Crippen molar-refractivity contribution in [3.63, 3.8) is 0 Å². The smallest absolute Gasteiger partial charge is 0.223 e. The number of nitrogens with two attached hydrogens (primary N) is 1. The van der Waals surface area contributed by atoms with Crippen LogP contribution in [0.2, 0.25) is 0 Å². The largest absolute Gasteiger partial charge is 0.392 e. The first-order valence-corrected chi connectivity index (χ1v) is 8.36. The third kappa shape index (κ3) is 3.94.